The maximum atomic E-state index is 14.3. The van der Waals surface area contributed by atoms with Gasteiger partial charge in [0.25, 0.3) is 0 Å². The molecule has 1 heterocycles. The topological polar surface area (TPSA) is 50.8 Å². The van der Waals surface area contributed by atoms with Crippen molar-refractivity contribution in [3.63, 3.8) is 0 Å². The number of rotatable bonds is 5. The molecule has 1 unspecified atom stereocenters. The van der Waals surface area contributed by atoms with Crippen molar-refractivity contribution >= 4 is 11.7 Å². The Kier molecular flexibility index (Phi) is 5.50. The number of likely N-dealkylation sites (tertiary alicyclic amines) is 1. The largest absolute Gasteiger partial charge is 0.455 e. The molecule has 1 aliphatic heterocycles. The molecule has 2 aromatic rings. The summed E-state index contributed by atoms with van der Waals surface area (Å²) in [5.74, 6) is 0.628. The monoisotopic (exact) mass is 344 g/mol. The number of amides is 2. The van der Waals surface area contributed by atoms with E-state index in [1.54, 1.807) is 36.3 Å². The standard InChI is InChI=1S/C19H21FN2O3/c1-24-13-14-10-11-22(12-14)19(23)21-18-16(20)8-5-9-17(18)25-15-6-3-2-4-7-15/h2-9,14H,10-13H2,1H3,(H,21,23). The van der Waals surface area contributed by atoms with Gasteiger partial charge in [-0.1, -0.05) is 24.3 Å². The average molecular weight is 344 g/mol. The number of carbonyl (C=O) groups excluding carboxylic acids is 1. The fourth-order valence-electron chi connectivity index (χ4n) is 2.90. The number of halogens is 1. The van der Waals surface area contributed by atoms with Gasteiger partial charge in [-0.15, -0.1) is 0 Å². The normalized spacial score (nSPS) is 16.7. The van der Waals surface area contributed by atoms with E-state index in [1.807, 2.05) is 18.2 Å². The van der Waals surface area contributed by atoms with Crippen molar-refractivity contribution in [3.05, 3.63) is 54.3 Å². The quantitative estimate of drug-likeness (QED) is 0.888. The zero-order valence-corrected chi connectivity index (χ0v) is 14.1. The van der Waals surface area contributed by atoms with Gasteiger partial charge in [0.05, 0.1) is 6.61 Å². The van der Waals surface area contributed by atoms with Crippen LogP contribution in [0.1, 0.15) is 6.42 Å². The maximum Gasteiger partial charge on any atom is 0.322 e. The highest BCUT2D eigenvalue weighted by atomic mass is 19.1. The molecule has 3 rings (SSSR count). The van der Waals surface area contributed by atoms with Crippen molar-refractivity contribution in [1.29, 1.82) is 0 Å². The second kappa shape index (κ2) is 7.98. The van der Waals surface area contributed by atoms with E-state index in [4.69, 9.17) is 9.47 Å². The lowest BCUT2D eigenvalue weighted by Crippen LogP contribution is -2.33. The Bertz CT molecular complexity index is 724. The molecule has 0 aromatic heterocycles. The molecule has 2 aromatic carbocycles. The molecular formula is C19H21FN2O3. The van der Waals surface area contributed by atoms with E-state index in [0.29, 0.717) is 31.4 Å². The summed E-state index contributed by atoms with van der Waals surface area (Å²) in [6, 6.07) is 13.2. The first kappa shape index (κ1) is 17.2. The summed E-state index contributed by atoms with van der Waals surface area (Å²) in [4.78, 5) is 14.1. The number of para-hydroxylation sites is 2. The van der Waals surface area contributed by atoms with Crippen molar-refractivity contribution in [3.8, 4) is 11.5 Å². The van der Waals surface area contributed by atoms with Crippen LogP contribution >= 0.6 is 0 Å². The molecule has 6 heteroatoms. The van der Waals surface area contributed by atoms with Crippen LogP contribution in [0.25, 0.3) is 0 Å². The molecule has 0 saturated carbocycles. The van der Waals surface area contributed by atoms with Crippen LogP contribution in [-0.2, 0) is 4.74 Å². The maximum absolute atomic E-state index is 14.3. The van der Waals surface area contributed by atoms with Crippen LogP contribution in [-0.4, -0.2) is 37.7 Å². The molecule has 2 amide bonds. The van der Waals surface area contributed by atoms with Gasteiger partial charge in [0, 0.05) is 26.1 Å². The van der Waals surface area contributed by atoms with E-state index in [-0.39, 0.29) is 17.5 Å². The lowest BCUT2D eigenvalue weighted by molar-refractivity contribution is 0.154. The predicted octanol–water partition coefficient (Wildman–Crippen LogP) is 4.12. The van der Waals surface area contributed by atoms with Gasteiger partial charge in [0.2, 0.25) is 0 Å². The molecule has 1 fully saturated rings. The Morgan fingerprint density at radius 2 is 2.04 bits per heavy atom. The van der Waals surface area contributed by atoms with Crippen LogP contribution in [0, 0.1) is 11.7 Å². The Morgan fingerprint density at radius 3 is 2.80 bits per heavy atom. The third-order valence-corrected chi connectivity index (χ3v) is 4.15. The molecule has 0 aliphatic carbocycles. The molecule has 1 N–H and O–H groups in total. The number of anilines is 1. The summed E-state index contributed by atoms with van der Waals surface area (Å²) in [5, 5.41) is 2.65. The molecule has 0 bridgehead atoms. The van der Waals surface area contributed by atoms with Crippen molar-refractivity contribution in [2.24, 2.45) is 5.92 Å². The Labute approximate surface area is 146 Å². The Morgan fingerprint density at radius 1 is 1.24 bits per heavy atom. The van der Waals surface area contributed by atoms with Gasteiger partial charge in [0.1, 0.15) is 11.4 Å². The van der Waals surface area contributed by atoms with E-state index in [9.17, 15) is 9.18 Å². The summed E-state index contributed by atoms with van der Waals surface area (Å²) in [5.41, 5.74) is 0.0477. The summed E-state index contributed by atoms with van der Waals surface area (Å²) in [6.07, 6.45) is 0.881. The lowest BCUT2D eigenvalue weighted by atomic mass is 10.1. The molecule has 132 valence electrons. The van der Waals surface area contributed by atoms with Crippen molar-refractivity contribution in [2.75, 3.05) is 32.1 Å². The number of ether oxygens (including phenoxy) is 2. The first-order valence-corrected chi connectivity index (χ1v) is 8.23. The summed E-state index contributed by atoms with van der Waals surface area (Å²) < 4.78 is 25.1. The van der Waals surface area contributed by atoms with Crippen LogP contribution in [0.15, 0.2) is 48.5 Å². The number of urea groups is 1. The zero-order valence-electron chi connectivity index (χ0n) is 14.1. The van der Waals surface area contributed by atoms with Crippen LogP contribution < -0.4 is 10.1 Å². The lowest BCUT2D eigenvalue weighted by Gasteiger charge is -2.19. The number of hydrogen-bond acceptors (Lipinski definition) is 3. The summed E-state index contributed by atoms with van der Waals surface area (Å²) >= 11 is 0. The number of nitrogens with one attached hydrogen (secondary N) is 1. The number of methoxy groups -OCH3 is 1. The number of nitrogens with zero attached hydrogens (tertiary/aromatic N) is 1. The minimum Gasteiger partial charge on any atom is -0.455 e. The molecular weight excluding hydrogens is 323 g/mol. The predicted molar refractivity (Wildman–Crippen MR) is 93.5 cm³/mol. The van der Waals surface area contributed by atoms with Crippen LogP contribution in [0.3, 0.4) is 0 Å². The Balaban J connectivity index is 1.72. The average Bonchev–Trinajstić information content (AvgIpc) is 3.08. The SMILES string of the molecule is COCC1CCN(C(=O)Nc2c(F)cccc2Oc2ccccc2)C1. The van der Waals surface area contributed by atoms with Gasteiger partial charge in [-0.25, -0.2) is 9.18 Å². The third-order valence-electron chi connectivity index (χ3n) is 4.15. The minimum absolute atomic E-state index is 0.0477. The van der Waals surface area contributed by atoms with Crippen LogP contribution in [0.2, 0.25) is 0 Å². The molecule has 0 radical (unpaired) electrons. The van der Waals surface area contributed by atoms with Gasteiger partial charge >= 0.3 is 6.03 Å². The van der Waals surface area contributed by atoms with Crippen LogP contribution in [0.4, 0.5) is 14.9 Å². The van der Waals surface area contributed by atoms with Gasteiger partial charge in [-0.2, -0.15) is 0 Å². The van der Waals surface area contributed by atoms with Crippen molar-refractivity contribution < 1.29 is 18.7 Å². The second-order valence-corrected chi connectivity index (χ2v) is 6.01. The first-order valence-electron chi connectivity index (χ1n) is 8.23. The molecule has 1 saturated heterocycles. The van der Waals surface area contributed by atoms with Gasteiger partial charge in [-0.3, -0.25) is 0 Å². The van der Waals surface area contributed by atoms with Crippen molar-refractivity contribution in [2.45, 2.75) is 6.42 Å². The summed E-state index contributed by atoms with van der Waals surface area (Å²) in [7, 11) is 1.65. The Hall–Kier alpha value is -2.60. The fraction of sp³-hybridized carbons (Fsp3) is 0.316. The van der Waals surface area contributed by atoms with E-state index < -0.39 is 5.82 Å². The fourth-order valence-corrected chi connectivity index (χ4v) is 2.90. The first-order chi connectivity index (χ1) is 12.2. The van der Waals surface area contributed by atoms with Crippen LogP contribution in [0.5, 0.6) is 11.5 Å². The molecule has 25 heavy (non-hydrogen) atoms. The van der Waals surface area contributed by atoms with E-state index >= 15 is 0 Å². The third kappa shape index (κ3) is 4.28. The molecule has 1 aliphatic rings. The highest BCUT2D eigenvalue weighted by Crippen LogP contribution is 2.32. The summed E-state index contributed by atoms with van der Waals surface area (Å²) in [6.45, 7) is 1.85. The number of benzene rings is 2. The molecule has 1 atom stereocenters. The van der Waals surface area contributed by atoms with E-state index in [2.05, 4.69) is 5.32 Å². The van der Waals surface area contributed by atoms with E-state index in [1.165, 1.54) is 6.07 Å². The highest BCUT2D eigenvalue weighted by molar-refractivity contribution is 5.91. The smallest absolute Gasteiger partial charge is 0.322 e. The van der Waals surface area contributed by atoms with Gasteiger partial charge in [0.15, 0.2) is 11.6 Å². The van der Waals surface area contributed by atoms with Crippen molar-refractivity contribution in [1.82, 2.24) is 4.90 Å². The zero-order chi connectivity index (χ0) is 17.6. The minimum atomic E-state index is -0.533. The number of carbonyl (C=O) groups is 1. The van der Waals surface area contributed by atoms with Gasteiger partial charge in [-0.05, 0) is 30.7 Å². The molecule has 5 nitrogen and oxygen atoms in total. The second-order valence-electron chi connectivity index (χ2n) is 6.01. The molecule has 0 spiro atoms. The highest BCUT2D eigenvalue weighted by Gasteiger charge is 2.27. The van der Waals surface area contributed by atoms with E-state index in [0.717, 1.165) is 6.42 Å². The number of hydrogen-bond donors (Lipinski definition) is 1. The van der Waals surface area contributed by atoms with Gasteiger partial charge < -0.3 is 19.7 Å².